The van der Waals surface area contributed by atoms with Gasteiger partial charge in [-0.25, -0.2) is 0 Å². The van der Waals surface area contributed by atoms with Crippen LogP contribution in [0, 0.1) is 6.92 Å². The molecule has 0 amide bonds. The fourth-order valence-electron chi connectivity index (χ4n) is 3.36. The maximum atomic E-state index is 10.7. The molecule has 4 nitrogen and oxygen atoms in total. The van der Waals surface area contributed by atoms with Crippen LogP contribution in [0.3, 0.4) is 0 Å². The van der Waals surface area contributed by atoms with Gasteiger partial charge in [-0.1, -0.05) is 93.3 Å². The van der Waals surface area contributed by atoms with E-state index in [0.717, 1.165) is 42.1 Å². The van der Waals surface area contributed by atoms with E-state index in [1.807, 2.05) is 36.4 Å². The molecule has 0 heterocycles. The number of aliphatic imine (C=N–C) groups is 2. The maximum absolute atomic E-state index is 10.7. The van der Waals surface area contributed by atoms with Crippen LogP contribution in [0.4, 0.5) is 11.4 Å². The Kier molecular flexibility index (Phi) is 15.1. The molecule has 3 rings (SSSR count). The van der Waals surface area contributed by atoms with Crippen molar-refractivity contribution in [3.63, 3.8) is 0 Å². The molecule has 0 bridgehead atoms. The van der Waals surface area contributed by atoms with E-state index in [1.165, 1.54) is 31.7 Å². The van der Waals surface area contributed by atoms with Gasteiger partial charge >= 0.3 is 16.5 Å². The van der Waals surface area contributed by atoms with Crippen LogP contribution >= 0.6 is 0 Å². The predicted octanol–water partition coefficient (Wildman–Crippen LogP) is 7.44. The van der Waals surface area contributed by atoms with E-state index in [1.54, 1.807) is 19.1 Å². The Morgan fingerprint density at radius 3 is 1.54 bits per heavy atom. The fraction of sp³-hybridized carbons (Fsp3) is 0.333. The second kappa shape index (κ2) is 17.5. The van der Waals surface area contributed by atoms with Crippen LogP contribution in [-0.4, -0.2) is 11.4 Å². The molecule has 0 fully saturated rings. The van der Waals surface area contributed by atoms with E-state index >= 15 is 0 Å². The topological polar surface area (TPSA) is 70.8 Å². The second-order valence-electron chi connectivity index (χ2n) is 8.25. The van der Waals surface area contributed by atoms with E-state index < -0.39 is 11.5 Å². The van der Waals surface area contributed by atoms with E-state index in [0.29, 0.717) is 5.56 Å². The van der Waals surface area contributed by atoms with Crippen molar-refractivity contribution in [3.8, 4) is 11.5 Å². The standard InChI is InChI=1S/C23H30N2.C7H8O2.Ni/c1-3-5-9-19-23(25-21-16-12-8-13-17-21)22(18-6-4-2)24-20-14-10-7-11-15-20;1-5-3-2-4-6(8)7(5)9;/h7-8,10-17H,3-6,9,18-19H2,1-2H3;2-4,8-9H,1H3;/q;;+2/p-2. The molecule has 35 heavy (non-hydrogen) atoms. The first-order valence-corrected chi connectivity index (χ1v) is 12.2. The molecule has 0 aliphatic rings. The van der Waals surface area contributed by atoms with E-state index in [4.69, 9.17) is 9.98 Å². The number of rotatable bonds is 10. The first kappa shape index (κ1) is 30.1. The molecule has 0 aromatic heterocycles. The Morgan fingerprint density at radius 2 is 1.11 bits per heavy atom. The third-order valence-electron chi connectivity index (χ3n) is 5.33. The van der Waals surface area contributed by atoms with E-state index in [2.05, 4.69) is 38.1 Å². The van der Waals surface area contributed by atoms with Gasteiger partial charge in [-0.15, -0.1) is 11.5 Å². The number of benzene rings is 3. The molecule has 0 aliphatic carbocycles. The van der Waals surface area contributed by atoms with Crippen molar-refractivity contribution in [2.45, 2.75) is 65.7 Å². The minimum absolute atomic E-state index is 0. The summed E-state index contributed by atoms with van der Waals surface area (Å²) < 4.78 is 0. The van der Waals surface area contributed by atoms with Crippen molar-refractivity contribution in [1.29, 1.82) is 0 Å². The minimum atomic E-state index is -0.421. The quantitative estimate of drug-likeness (QED) is 0.160. The van der Waals surface area contributed by atoms with Crippen molar-refractivity contribution in [2.24, 2.45) is 9.98 Å². The summed E-state index contributed by atoms with van der Waals surface area (Å²) in [5.41, 5.74) is 4.85. The SMILES string of the molecule is CCCCCC(=Nc1ccccc1)C(CCCC)=Nc1ccccc1.Cc1cccc([O-])c1[O-].[Ni+2]. The third kappa shape index (κ3) is 11.4. The number of nitrogens with zero attached hydrogens (tertiary/aromatic N) is 2. The molecule has 0 saturated heterocycles. The van der Waals surface area contributed by atoms with E-state index in [-0.39, 0.29) is 16.5 Å². The molecular weight excluding hydrogens is 479 g/mol. The molecule has 0 unspecified atom stereocenters. The van der Waals surface area contributed by atoms with Gasteiger partial charge in [0, 0.05) is 0 Å². The minimum Gasteiger partial charge on any atom is -0.873 e. The summed E-state index contributed by atoms with van der Waals surface area (Å²) in [6.07, 6.45) is 7.93. The fourth-order valence-corrected chi connectivity index (χ4v) is 3.36. The zero-order valence-corrected chi connectivity index (χ0v) is 22.0. The molecular formula is C30H36N2NiO2. The molecule has 0 aliphatic heterocycles. The number of hydrogen-bond acceptors (Lipinski definition) is 4. The average molecular weight is 515 g/mol. The second-order valence-corrected chi connectivity index (χ2v) is 8.25. The van der Waals surface area contributed by atoms with Gasteiger partial charge in [0.05, 0.1) is 22.8 Å². The third-order valence-corrected chi connectivity index (χ3v) is 5.33. The van der Waals surface area contributed by atoms with Crippen molar-refractivity contribution in [3.05, 3.63) is 84.4 Å². The maximum Gasteiger partial charge on any atom is 2.00 e. The van der Waals surface area contributed by atoms with Gasteiger partial charge in [0.15, 0.2) is 0 Å². The van der Waals surface area contributed by atoms with E-state index in [9.17, 15) is 10.2 Å². The summed E-state index contributed by atoms with van der Waals surface area (Å²) in [4.78, 5) is 9.92. The molecule has 0 N–H and O–H groups in total. The summed E-state index contributed by atoms with van der Waals surface area (Å²) in [6, 6.07) is 25.0. The molecule has 0 radical (unpaired) electrons. The zero-order valence-electron chi connectivity index (χ0n) is 21.0. The van der Waals surface area contributed by atoms with Crippen LogP contribution in [0.5, 0.6) is 11.5 Å². The van der Waals surface area contributed by atoms with Gasteiger partial charge in [0.2, 0.25) is 0 Å². The summed E-state index contributed by atoms with van der Waals surface area (Å²) in [5.74, 6) is -0.812. The van der Waals surface area contributed by atoms with Gasteiger partial charge in [-0.3, -0.25) is 9.98 Å². The van der Waals surface area contributed by atoms with Gasteiger partial charge in [0.25, 0.3) is 0 Å². The van der Waals surface area contributed by atoms with Crippen LogP contribution in [0.2, 0.25) is 0 Å². The summed E-state index contributed by atoms with van der Waals surface area (Å²) >= 11 is 0. The Morgan fingerprint density at radius 1 is 0.629 bits per heavy atom. The summed E-state index contributed by atoms with van der Waals surface area (Å²) in [5, 5.41) is 21.2. The summed E-state index contributed by atoms with van der Waals surface area (Å²) in [7, 11) is 0. The van der Waals surface area contributed by atoms with Crippen LogP contribution in [0.15, 0.2) is 88.8 Å². The number of para-hydroxylation sites is 3. The zero-order chi connectivity index (χ0) is 24.6. The van der Waals surface area contributed by atoms with Gasteiger partial charge in [-0.05, 0) is 56.9 Å². The Balaban J connectivity index is 0.000000516. The van der Waals surface area contributed by atoms with Crippen molar-refractivity contribution >= 4 is 22.8 Å². The number of hydrogen-bond donors (Lipinski definition) is 0. The van der Waals surface area contributed by atoms with Crippen molar-refractivity contribution < 1.29 is 26.7 Å². The molecule has 0 spiro atoms. The van der Waals surface area contributed by atoms with Crippen LogP contribution in [-0.2, 0) is 16.5 Å². The first-order valence-electron chi connectivity index (χ1n) is 12.2. The number of aryl methyl sites for hydroxylation is 1. The molecule has 0 atom stereocenters. The van der Waals surface area contributed by atoms with Crippen LogP contribution in [0.1, 0.15) is 64.4 Å². The largest absolute Gasteiger partial charge is 2.00 e. The molecule has 5 heteroatoms. The molecule has 0 saturated carbocycles. The summed E-state index contributed by atoms with van der Waals surface area (Å²) in [6.45, 7) is 6.10. The molecule has 3 aromatic carbocycles. The van der Waals surface area contributed by atoms with Crippen molar-refractivity contribution in [1.82, 2.24) is 0 Å². The van der Waals surface area contributed by atoms with Crippen molar-refractivity contribution in [2.75, 3.05) is 0 Å². The van der Waals surface area contributed by atoms with Gasteiger partial charge in [0.1, 0.15) is 0 Å². The first-order chi connectivity index (χ1) is 16.5. The monoisotopic (exact) mass is 514 g/mol. The Labute approximate surface area is 220 Å². The van der Waals surface area contributed by atoms with Gasteiger partial charge in [-0.2, -0.15) is 0 Å². The molecule has 188 valence electrons. The van der Waals surface area contributed by atoms with Crippen LogP contribution in [0.25, 0.3) is 0 Å². The number of unbranched alkanes of at least 4 members (excludes halogenated alkanes) is 3. The average Bonchev–Trinajstić information content (AvgIpc) is 2.86. The van der Waals surface area contributed by atoms with Crippen LogP contribution < -0.4 is 10.2 Å². The molecule has 3 aromatic rings. The van der Waals surface area contributed by atoms with Gasteiger partial charge < -0.3 is 10.2 Å². The predicted molar refractivity (Wildman–Crippen MR) is 141 cm³/mol. The Bertz CT molecular complexity index is 1010. The Hall–Kier alpha value is -2.91. The normalized spacial score (nSPS) is 11.3. The smallest absolute Gasteiger partial charge is 0.873 e.